The van der Waals surface area contributed by atoms with Gasteiger partial charge in [0.15, 0.2) is 0 Å². The molecule has 1 aliphatic heterocycles. The van der Waals surface area contributed by atoms with Gasteiger partial charge in [-0.1, -0.05) is 0 Å². The van der Waals surface area contributed by atoms with Gasteiger partial charge in [0, 0.05) is 18.6 Å². The van der Waals surface area contributed by atoms with Crippen LogP contribution >= 0.6 is 0 Å². The van der Waals surface area contributed by atoms with Crippen LogP contribution < -0.4 is 0 Å². The number of rotatable bonds is 1. The molecule has 0 unspecified atom stereocenters. The standard InChI is InChI=1S/C13H24N2O2/c1-14(2)11-7-4-8-12-10(11)6-5-9-15(12)13(16)17-3/h10-12H,4-9H2,1-3H3/t10-,11+,12+/m1/s1. The van der Waals surface area contributed by atoms with Crippen molar-refractivity contribution < 1.29 is 9.53 Å². The molecule has 4 nitrogen and oxygen atoms in total. The van der Waals surface area contributed by atoms with E-state index in [2.05, 4.69) is 19.0 Å². The number of hydrogen-bond acceptors (Lipinski definition) is 3. The van der Waals surface area contributed by atoms with Crippen LogP contribution in [0, 0.1) is 5.92 Å². The summed E-state index contributed by atoms with van der Waals surface area (Å²) in [4.78, 5) is 16.1. The Kier molecular flexibility index (Phi) is 3.92. The smallest absolute Gasteiger partial charge is 0.409 e. The SMILES string of the molecule is COC(=O)N1CCC[C@@H]2[C@@H](N(C)C)CCC[C@@H]21. The maximum Gasteiger partial charge on any atom is 0.409 e. The third-order valence-corrected chi connectivity index (χ3v) is 4.40. The number of likely N-dealkylation sites (tertiary alicyclic amines) is 1. The van der Waals surface area contributed by atoms with E-state index in [9.17, 15) is 4.79 Å². The van der Waals surface area contributed by atoms with Crippen LogP contribution in [-0.4, -0.2) is 55.7 Å². The number of ether oxygens (including phenoxy) is 1. The highest BCUT2D eigenvalue weighted by Gasteiger charge is 2.41. The number of fused-ring (bicyclic) bond motifs is 1. The maximum atomic E-state index is 11.8. The van der Waals surface area contributed by atoms with Crippen LogP contribution in [0.1, 0.15) is 32.1 Å². The molecule has 0 aromatic carbocycles. The summed E-state index contributed by atoms with van der Waals surface area (Å²) < 4.78 is 4.91. The number of carbonyl (C=O) groups is 1. The molecule has 0 radical (unpaired) electrons. The molecule has 3 atom stereocenters. The summed E-state index contributed by atoms with van der Waals surface area (Å²) in [7, 11) is 5.80. The van der Waals surface area contributed by atoms with Gasteiger partial charge in [-0.05, 0) is 52.1 Å². The largest absolute Gasteiger partial charge is 0.453 e. The van der Waals surface area contributed by atoms with E-state index in [4.69, 9.17) is 4.74 Å². The van der Waals surface area contributed by atoms with Crippen LogP contribution in [0.25, 0.3) is 0 Å². The normalized spacial score (nSPS) is 33.4. The molecule has 98 valence electrons. The maximum absolute atomic E-state index is 11.8. The van der Waals surface area contributed by atoms with Gasteiger partial charge in [-0.15, -0.1) is 0 Å². The Morgan fingerprint density at radius 1 is 1.24 bits per heavy atom. The zero-order chi connectivity index (χ0) is 12.4. The van der Waals surface area contributed by atoms with Gasteiger partial charge in [0.1, 0.15) is 0 Å². The summed E-state index contributed by atoms with van der Waals surface area (Å²) in [5.41, 5.74) is 0. The second-order valence-corrected chi connectivity index (χ2v) is 5.50. The minimum atomic E-state index is -0.140. The van der Waals surface area contributed by atoms with Gasteiger partial charge in [-0.3, -0.25) is 0 Å². The molecule has 0 aromatic heterocycles. The molecule has 4 heteroatoms. The summed E-state index contributed by atoms with van der Waals surface area (Å²) in [5.74, 6) is 0.631. The van der Waals surface area contributed by atoms with Gasteiger partial charge in [-0.25, -0.2) is 4.79 Å². The summed E-state index contributed by atoms with van der Waals surface area (Å²) in [6.07, 6.45) is 5.85. The molecule has 0 spiro atoms. The lowest BCUT2D eigenvalue weighted by atomic mass is 9.74. The third-order valence-electron chi connectivity index (χ3n) is 4.40. The predicted molar refractivity (Wildman–Crippen MR) is 66.9 cm³/mol. The Morgan fingerprint density at radius 3 is 2.65 bits per heavy atom. The second kappa shape index (κ2) is 5.25. The molecule has 1 aliphatic carbocycles. The van der Waals surface area contributed by atoms with Crippen LogP contribution in [0.15, 0.2) is 0 Å². The van der Waals surface area contributed by atoms with Crippen LogP contribution in [-0.2, 0) is 4.74 Å². The summed E-state index contributed by atoms with van der Waals surface area (Å²) in [6, 6.07) is 1.03. The molecule has 1 amide bonds. The zero-order valence-corrected chi connectivity index (χ0v) is 11.2. The van der Waals surface area contributed by atoms with Crippen LogP contribution in [0.4, 0.5) is 4.79 Å². The monoisotopic (exact) mass is 240 g/mol. The van der Waals surface area contributed by atoms with Gasteiger partial charge < -0.3 is 14.5 Å². The topological polar surface area (TPSA) is 32.8 Å². The average molecular weight is 240 g/mol. The van der Waals surface area contributed by atoms with Gasteiger partial charge in [-0.2, -0.15) is 0 Å². The molecule has 1 saturated heterocycles. The fraction of sp³-hybridized carbons (Fsp3) is 0.923. The summed E-state index contributed by atoms with van der Waals surface area (Å²) >= 11 is 0. The molecule has 2 fully saturated rings. The number of amides is 1. The Bertz CT molecular complexity index is 281. The van der Waals surface area contributed by atoms with Gasteiger partial charge in [0.05, 0.1) is 7.11 Å². The van der Waals surface area contributed by atoms with E-state index in [-0.39, 0.29) is 6.09 Å². The van der Waals surface area contributed by atoms with E-state index in [1.54, 1.807) is 0 Å². The molecular formula is C13H24N2O2. The lowest BCUT2D eigenvalue weighted by molar-refractivity contribution is 0.0113. The van der Waals surface area contributed by atoms with Crippen molar-refractivity contribution >= 4 is 6.09 Å². The van der Waals surface area contributed by atoms with E-state index >= 15 is 0 Å². The highest BCUT2D eigenvalue weighted by molar-refractivity contribution is 5.68. The zero-order valence-electron chi connectivity index (χ0n) is 11.2. The highest BCUT2D eigenvalue weighted by Crippen LogP contribution is 2.37. The van der Waals surface area contributed by atoms with Crippen molar-refractivity contribution in [3.63, 3.8) is 0 Å². The van der Waals surface area contributed by atoms with Crippen molar-refractivity contribution in [2.24, 2.45) is 5.92 Å². The van der Waals surface area contributed by atoms with Gasteiger partial charge >= 0.3 is 6.09 Å². The highest BCUT2D eigenvalue weighted by atomic mass is 16.5. The van der Waals surface area contributed by atoms with Crippen LogP contribution in [0.3, 0.4) is 0 Å². The third kappa shape index (κ3) is 2.41. The molecule has 0 aromatic rings. The number of piperidine rings is 1. The van der Waals surface area contributed by atoms with Crippen molar-refractivity contribution in [1.82, 2.24) is 9.80 Å². The number of methoxy groups -OCH3 is 1. The number of hydrogen-bond donors (Lipinski definition) is 0. The van der Waals surface area contributed by atoms with Gasteiger partial charge in [0.25, 0.3) is 0 Å². The minimum absolute atomic E-state index is 0.140. The van der Waals surface area contributed by atoms with E-state index in [1.807, 2.05) is 4.90 Å². The van der Waals surface area contributed by atoms with Crippen molar-refractivity contribution in [3.05, 3.63) is 0 Å². The Hall–Kier alpha value is -0.770. The first kappa shape index (κ1) is 12.7. The molecule has 0 bridgehead atoms. The number of carbonyl (C=O) groups excluding carboxylic acids is 1. The first-order valence-corrected chi connectivity index (χ1v) is 6.66. The average Bonchev–Trinajstić information content (AvgIpc) is 2.36. The molecular weight excluding hydrogens is 216 g/mol. The van der Waals surface area contributed by atoms with Crippen molar-refractivity contribution in [2.45, 2.75) is 44.2 Å². The molecule has 1 heterocycles. The van der Waals surface area contributed by atoms with Crippen molar-refractivity contribution in [1.29, 1.82) is 0 Å². The van der Waals surface area contributed by atoms with E-state index < -0.39 is 0 Å². The van der Waals surface area contributed by atoms with E-state index in [1.165, 1.54) is 26.4 Å². The predicted octanol–water partition coefficient (Wildman–Crippen LogP) is 1.95. The molecule has 17 heavy (non-hydrogen) atoms. The van der Waals surface area contributed by atoms with E-state index in [0.29, 0.717) is 18.0 Å². The Balaban J connectivity index is 2.12. The lowest BCUT2D eigenvalue weighted by Crippen LogP contribution is -2.56. The first-order chi connectivity index (χ1) is 8.15. The fourth-order valence-electron chi connectivity index (χ4n) is 3.64. The minimum Gasteiger partial charge on any atom is -0.453 e. The Labute approximate surface area is 104 Å². The van der Waals surface area contributed by atoms with E-state index in [0.717, 1.165) is 19.4 Å². The van der Waals surface area contributed by atoms with Crippen molar-refractivity contribution in [3.8, 4) is 0 Å². The molecule has 0 N–H and O–H groups in total. The quantitative estimate of drug-likeness (QED) is 0.702. The summed E-state index contributed by atoms with van der Waals surface area (Å²) in [6.45, 7) is 0.869. The van der Waals surface area contributed by atoms with Crippen LogP contribution in [0.5, 0.6) is 0 Å². The second-order valence-electron chi connectivity index (χ2n) is 5.50. The van der Waals surface area contributed by atoms with Crippen LogP contribution in [0.2, 0.25) is 0 Å². The molecule has 1 saturated carbocycles. The Morgan fingerprint density at radius 2 is 2.00 bits per heavy atom. The molecule has 2 rings (SSSR count). The first-order valence-electron chi connectivity index (χ1n) is 6.66. The number of nitrogens with zero attached hydrogens (tertiary/aromatic N) is 2. The lowest BCUT2D eigenvalue weighted by Gasteiger charge is -2.48. The van der Waals surface area contributed by atoms with Gasteiger partial charge in [0.2, 0.25) is 0 Å². The summed E-state index contributed by atoms with van der Waals surface area (Å²) in [5, 5.41) is 0. The van der Waals surface area contributed by atoms with Crippen molar-refractivity contribution in [2.75, 3.05) is 27.7 Å². The fourth-order valence-corrected chi connectivity index (χ4v) is 3.64. The molecule has 2 aliphatic rings.